The molecule has 1 aliphatic heterocycles. The third kappa shape index (κ3) is 5.78. The summed E-state index contributed by atoms with van der Waals surface area (Å²) in [7, 11) is 0. The molecule has 2 heterocycles. The number of aromatic amines is 1. The van der Waals surface area contributed by atoms with Crippen molar-refractivity contribution >= 4 is 28.4 Å². The second-order valence-electron chi connectivity index (χ2n) is 11.6. The third-order valence-electron chi connectivity index (χ3n) is 8.59. The highest BCUT2D eigenvalue weighted by atomic mass is 16.3. The van der Waals surface area contributed by atoms with Gasteiger partial charge in [0.05, 0.1) is 35.4 Å². The van der Waals surface area contributed by atoms with E-state index in [-0.39, 0.29) is 37.6 Å². The number of rotatable bonds is 11. The molecule has 0 fully saturated rings. The number of nitrogens with zero attached hydrogens (tertiary/aromatic N) is 3. The van der Waals surface area contributed by atoms with Gasteiger partial charge in [-0.05, 0) is 41.5 Å². The number of para-hydroxylation sites is 2. The number of hydrogen-bond acceptors (Lipinski definition) is 5. The van der Waals surface area contributed by atoms with Gasteiger partial charge in [-0.3, -0.25) is 19.5 Å². The van der Waals surface area contributed by atoms with Crippen molar-refractivity contribution in [2.45, 2.75) is 32.0 Å². The number of carbonyl (C=O) groups excluding carboxylic acids is 2. The number of H-pyrrole nitrogens is 1. The van der Waals surface area contributed by atoms with Crippen molar-refractivity contribution in [1.82, 2.24) is 14.7 Å². The van der Waals surface area contributed by atoms with Crippen LogP contribution in [-0.2, 0) is 28.3 Å². The molecule has 1 aromatic heterocycles. The predicted molar refractivity (Wildman–Crippen MR) is 177 cm³/mol. The van der Waals surface area contributed by atoms with Crippen LogP contribution in [0, 0.1) is 5.92 Å². The molecule has 0 unspecified atom stereocenters. The molecule has 2 amide bonds. The molecule has 0 aliphatic carbocycles. The van der Waals surface area contributed by atoms with Crippen LogP contribution in [0.5, 0.6) is 0 Å². The molecular weight excluding hydrogens is 580 g/mol. The molecule has 4 aromatic carbocycles. The maximum Gasteiger partial charge on any atom is 0.279 e. The Labute approximate surface area is 266 Å². The highest BCUT2D eigenvalue weighted by Crippen LogP contribution is 2.45. The lowest BCUT2D eigenvalue weighted by molar-refractivity contribution is -0.139. The van der Waals surface area contributed by atoms with Gasteiger partial charge in [0.2, 0.25) is 5.91 Å². The van der Waals surface area contributed by atoms with Crippen LogP contribution in [0.15, 0.2) is 120 Å². The second kappa shape index (κ2) is 13.0. The molecule has 3 N–H and O–H groups in total. The average Bonchev–Trinajstić information content (AvgIpc) is 3.53. The van der Waals surface area contributed by atoms with E-state index in [1.54, 1.807) is 47.1 Å². The zero-order valence-electron chi connectivity index (χ0n) is 25.5. The second-order valence-corrected chi connectivity index (χ2v) is 11.6. The van der Waals surface area contributed by atoms with Crippen LogP contribution in [0.25, 0.3) is 16.6 Å². The number of anilines is 1. The molecule has 0 saturated carbocycles. The minimum Gasteiger partial charge on any atom is -0.395 e. The Hall–Kier alpha value is -5.25. The number of amides is 2. The van der Waals surface area contributed by atoms with Crippen LogP contribution in [-0.4, -0.2) is 49.9 Å². The van der Waals surface area contributed by atoms with Gasteiger partial charge in [-0.25, -0.2) is 4.68 Å². The van der Waals surface area contributed by atoms with Crippen molar-refractivity contribution in [1.29, 1.82) is 0 Å². The summed E-state index contributed by atoms with van der Waals surface area (Å²) in [6.45, 7) is 2.38. The van der Waals surface area contributed by atoms with Gasteiger partial charge in [-0.1, -0.05) is 91.9 Å². The third-order valence-corrected chi connectivity index (χ3v) is 8.59. The van der Waals surface area contributed by atoms with E-state index in [0.717, 1.165) is 16.6 Å². The van der Waals surface area contributed by atoms with Gasteiger partial charge in [0.1, 0.15) is 0 Å². The summed E-state index contributed by atoms with van der Waals surface area (Å²) in [5.41, 5.74) is 2.22. The Balaban J connectivity index is 1.20. The molecule has 2 atom stereocenters. The maximum absolute atomic E-state index is 14.0. The number of aliphatic hydroxyl groups excluding tert-OH is 1. The van der Waals surface area contributed by atoms with E-state index in [4.69, 9.17) is 0 Å². The van der Waals surface area contributed by atoms with Crippen molar-refractivity contribution in [3.8, 4) is 5.69 Å². The summed E-state index contributed by atoms with van der Waals surface area (Å²) in [6.07, 6.45) is 3.45. The van der Waals surface area contributed by atoms with Crippen molar-refractivity contribution in [3.05, 3.63) is 142 Å². The first-order chi connectivity index (χ1) is 22.3. The van der Waals surface area contributed by atoms with Crippen molar-refractivity contribution < 1.29 is 19.8 Å². The Morgan fingerprint density at radius 1 is 0.935 bits per heavy atom. The summed E-state index contributed by atoms with van der Waals surface area (Å²) in [6, 6.07) is 31.5. The Morgan fingerprint density at radius 2 is 1.65 bits per heavy atom. The van der Waals surface area contributed by atoms with E-state index in [9.17, 15) is 24.6 Å². The Bertz CT molecular complexity index is 1960. The van der Waals surface area contributed by atoms with E-state index in [2.05, 4.69) is 5.10 Å². The minimum absolute atomic E-state index is 0.0622. The first-order valence-electron chi connectivity index (χ1n) is 15.3. The summed E-state index contributed by atoms with van der Waals surface area (Å²) in [4.78, 5) is 43.3. The van der Waals surface area contributed by atoms with Crippen LogP contribution in [0.3, 0.4) is 0 Å². The first-order valence-corrected chi connectivity index (χ1v) is 15.3. The molecule has 5 aromatic rings. The topological polar surface area (TPSA) is 119 Å². The van der Waals surface area contributed by atoms with Gasteiger partial charge in [0.25, 0.3) is 11.5 Å². The van der Waals surface area contributed by atoms with Gasteiger partial charge in [-0.15, -0.1) is 0 Å². The number of aromatic nitrogens is 2. The quantitative estimate of drug-likeness (QED) is 0.187. The highest BCUT2D eigenvalue weighted by Gasteiger charge is 2.52. The lowest BCUT2D eigenvalue weighted by Crippen LogP contribution is -2.44. The maximum atomic E-state index is 14.0. The van der Waals surface area contributed by atoms with Gasteiger partial charge >= 0.3 is 0 Å². The van der Waals surface area contributed by atoms with Crippen LogP contribution >= 0.6 is 0 Å². The first kappa shape index (κ1) is 30.8. The molecule has 0 bridgehead atoms. The molecule has 234 valence electrons. The number of carbonyl (C=O) groups is 2. The standard InChI is InChI=1S/C37H36N4O5/c1-26(11-9-20-34(43)39(21-22-42)24-27-12-3-2-4-13-27)37(46)31-17-6-8-19-33(31)40(36(37)45)25-28-14-10-15-29(23-28)41-35(44)30-16-5-7-18-32(30)38-41/h2-19,23,26,38,42,46H,20-22,24-25H2,1H3/b11-9+/t26-,37+/m1/s1. The average molecular weight is 617 g/mol. The lowest BCUT2D eigenvalue weighted by atomic mass is 9.83. The molecule has 46 heavy (non-hydrogen) atoms. The van der Waals surface area contributed by atoms with E-state index in [1.165, 1.54) is 4.68 Å². The van der Waals surface area contributed by atoms with E-state index in [0.29, 0.717) is 28.9 Å². The number of benzene rings is 4. The molecule has 0 radical (unpaired) electrons. The smallest absolute Gasteiger partial charge is 0.279 e. The van der Waals surface area contributed by atoms with Crippen LogP contribution in [0.2, 0.25) is 0 Å². The summed E-state index contributed by atoms with van der Waals surface area (Å²) >= 11 is 0. The van der Waals surface area contributed by atoms with Gasteiger partial charge in [0.15, 0.2) is 5.60 Å². The largest absolute Gasteiger partial charge is 0.395 e. The van der Waals surface area contributed by atoms with E-state index < -0.39 is 17.4 Å². The number of fused-ring (bicyclic) bond motifs is 2. The molecule has 9 nitrogen and oxygen atoms in total. The molecule has 0 saturated heterocycles. The number of nitrogens with one attached hydrogen (secondary N) is 1. The summed E-state index contributed by atoms with van der Waals surface area (Å²) < 4.78 is 1.49. The monoisotopic (exact) mass is 616 g/mol. The SMILES string of the molecule is C[C@H](/C=C/CC(=O)N(CCO)Cc1ccccc1)[C@@]1(O)C(=O)N(Cc2cccc(-n3[nH]c4ccccc4c3=O)c2)c2ccccc21. The van der Waals surface area contributed by atoms with Crippen molar-refractivity contribution in [3.63, 3.8) is 0 Å². The molecule has 1 aliphatic rings. The highest BCUT2D eigenvalue weighted by molar-refractivity contribution is 6.07. The molecule has 6 rings (SSSR count). The fourth-order valence-corrected chi connectivity index (χ4v) is 6.13. The molecule has 9 heteroatoms. The summed E-state index contributed by atoms with van der Waals surface area (Å²) in [5.74, 6) is -1.27. The van der Waals surface area contributed by atoms with Gasteiger partial charge in [0, 0.05) is 31.0 Å². The normalized spacial score (nSPS) is 16.7. The fourth-order valence-electron chi connectivity index (χ4n) is 6.13. The zero-order chi connectivity index (χ0) is 32.3. The van der Waals surface area contributed by atoms with Crippen LogP contribution < -0.4 is 10.5 Å². The summed E-state index contributed by atoms with van der Waals surface area (Å²) in [5, 5.41) is 25.3. The zero-order valence-corrected chi connectivity index (χ0v) is 25.5. The van der Waals surface area contributed by atoms with Gasteiger partial charge in [-0.2, -0.15) is 0 Å². The predicted octanol–water partition coefficient (Wildman–Crippen LogP) is 4.66. The Morgan fingerprint density at radius 3 is 2.43 bits per heavy atom. The fraction of sp³-hybridized carbons (Fsp3) is 0.216. The van der Waals surface area contributed by atoms with Crippen molar-refractivity contribution in [2.24, 2.45) is 5.92 Å². The number of aliphatic hydroxyl groups is 2. The van der Waals surface area contributed by atoms with E-state index >= 15 is 0 Å². The van der Waals surface area contributed by atoms with Gasteiger partial charge < -0.3 is 20.0 Å². The van der Waals surface area contributed by atoms with Crippen LogP contribution in [0.4, 0.5) is 5.69 Å². The van der Waals surface area contributed by atoms with Crippen LogP contribution in [0.1, 0.15) is 30.0 Å². The van der Waals surface area contributed by atoms with E-state index in [1.807, 2.05) is 84.9 Å². The lowest BCUT2D eigenvalue weighted by Gasteiger charge is -2.28. The minimum atomic E-state index is -1.84. The van der Waals surface area contributed by atoms with Crippen molar-refractivity contribution in [2.75, 3.05) is 18.1 Å². The Kier molecular flexibility index (Phi) is 8.70. The number of hydrogen-bond donors (Lipinski definition) is 3. The molecular formula is C37H36N4O5. The molecule has 0 spiro atoms.